The molecular weight excluding hydrogens is 421 g/mol. The number of nitrogens with one attached hydrogen (secondary N) is 2. The van der Waals surface area contributed by atoms with E-state index in [9.17, 15) is 9.50 Å². The van der Waals surface area contributed by atoms with Gasteiger partial charge in [0.25, 0.3) is 0 Å². The van der Waals surface area contributed by atoms with Gasteiger partial charge in [0.1, 0.15) is 28.4 Å². The molecule has 0 spiro atoms. The van der Waals surface area contributed by atoms with Crippen molar-refractivity contribution in [3.63, 3.8) is 0 Å². The van der Waals surface area contributed by atoms with Gasteiger partial charge in [-0.05, 0) is 53.6 Å². The molecule has 1 aromatic carbocycles. The first-order valence-electron chi connectivity index (χ1n) is 10.1. The number of phenols is 1. The molecular formula is C24H16FN7O. The highest BCUT2D eigenvalue weighted by molar-refractivity contribution is 5.99. The van der Waals surface area contributed by atoms with Crippen LogP contribution in [0.5, 0.6) is 5.75 Å². The molecule has 33 heavy (non-hydrogen) atoms. The number of nitrogen functional groups attached to an aromatic ring is 1. The Morgan fingerprint density at radius 2 is 1.88 bits per heavy atom. The Kier molecular flexibility index (Phi) is 4.09. The first-order chi connectivity index (χ1) is 16.0. The Balaban J connectivity index is 1.51. The zero-order valence-electron chi connectivity index (χ0n) is 17.0. The lowest BCUT2D eigenvalue weighted by Crippen LogP contribution is -1.90. The Morgan fingerprint density at radius 3 is 2.73 bits per heavy atom. The van der Waals surface area contributed by atoms with Gasteiger partial charge in [0.05, 0.1) is 22.6 Å². The number of nitrogens with zero attached hydrogens (tertiary/aromatic N) is 4. The standard InChI is InChI=1S/C24H16FN7O/c25-14-5-12(7-16(33)8-14)17-3-4-28-24-18(17)9-21(30-24)23-22-20(31-32-23)2-1-19(29-22)13-6-15(26)11-27-10-13/h1-11,33H,26H2,(H,28,30)(H,31,32). The molecule has 0 aliphatic carbocycles. The highest BCUT2D eigenvalue weighted by Gasteiger charge is 2.16. The molecule has 5 aromatic heterocycles. The number of pyridine rings is 3. The number of hydrogen-bond acceptors (Lipinski definition) is 6. The third kappa shape index (κ3) is 3.23. The number of aromatic amines is 2. The average Bonchev–Trinajstić information content (AvgIpc) is 3.41. The van der Waals surface area contributed by atoms with Crippen molar-refractivity contribution < 1.29 is 9.50 Å². The van der Waals surface area contributed by atoms with Gasteiger partial charge in [-0.2, -0.15) is 5.10 Å². The van der Waals surface area contributed by atoms with Gasteiger partial charge in [0.15, 0.2) is 0 Å². The number of fused-ring (bicyclic) bond motifs is 2. The largest absolute Gasteiger partial charge is 0.508 e. The van der Waals surface area contributed by atoms with Crippen molar-refractivity contribution in [2.45, 2.75) is 0 Å². The van der Waals surface area contributed by atoms with Crippen LogP contribution >= 0.6 is 0 Å². The summed E-state index contributed by atoms with van der Waals surface area (Å²) in [5.74, 6) is -0.659. The molecule has 0 unspecified atom stereocenters. The summed E-state index contributed by atoms with van der Waals surface area (Å²) in [5, 5.41) is 18.1. The number of aromatic nitrogens is 6. The first-order valence-corrected chi connectivity index (χ1v) is 10.1. The van der Waals surface area contributed by atoms with Crippen LogP contribution < -0.4 is 5.73 Å². The van der Waals surface area contributed by atoms with Gasteiger partial charge in [-0.15, -0.1) is 0 Å². The van der Waals surface area contributed by atoms with Crippen LogP contribution in [0.15, 0.2) is 67.1 Å². The van der Waals surface area contributed by atoms with E-state index in [1.54, 1.807) is 24.7 Å². The summed E-state index contributed by atoms with van der Waals surface area (Å²) in [6.07, 6.45) is 4.92. The number of benzene rings is 1. The van der Waals surface area contributed by atoms with Crippen LogP contribution in [0.25, 0.3) is 55.8 Å². The third-order valence-corrected chi connectivity index (χ3v) is 5.44. The van der Waals surface area contributed by atoms with Crippen LogP contribution in [0.4, 0.5) is 10.1 Å². The molecule has 0 saturated carbocycles. The lowest BCUT2D eigenvalue weighted by molar-refractivity contribution is 0.469. The normalized spacial score (nSPS) is 11.4. The van der Waals surface area contributed by atoms with E-state index in [2.05, 4.69) is 25.1 Å². The summed E-state index contributed by atoms with van der Waals surface area (Å²) < 4.78 is 13.9. The zero-order chi connectivity index (χ0) is 22.5. The molecule has 0 amide bonds. The highest BCUT2D eigenvalue weighted by atomic mass is 19.1. The van der Waals surface area contributed by atoms with Gasteiger partial charge in [-0.1, -0.05) is 0 Å². The highest BCUT2D eigenvalue weighted by Crippen LogP contribution is 2.34. The summed E-state index contributed by atoms with van der Waals surface area (Å²) in [4.78, 5) is 16.6. The Morgan fingerprint density at radius 1 is 0.970 bits per heavy atom. The number of H-pyrrole nitrogens is 2. The third-order valence-electron chi connectivity index (χ3n) is 5.44. The minimum atomic E-state index is -0.517. The SMILES string of the molecule is Nc1cncc(-c2ccc3[nH]nc(-c4cc5c(-c6cc(O)cc(F)c6)ccnc5[nH]4)c3n2)c1. The molecule has 5 heterocycles. The molecule has 6 aromatic rings. The summed E-state index contributed by atoms with van der Waals surface area (Å²) >= 11 is 0. The second-order valence-electron chi connectivity index (χ2n) is 7.67. The number of nitrogens with two attached hydrogens (primary N) is 1. The van der Waals surface area contributed by atoms with Crippen LogP contribution in [0.1, 0.15) is 0 Å². The van der Waals surface area contributed by atoms with Crippen LogP contribution in [0, 0.1) is 5.82 Å². The fraction of sp³-hybridized carbons (Fsp3) is 0. The topological polar surface area (TPSA) is 129 Å². The molecule has 8 nitrogen and oxygen atoms in total. The molecule has 0 aliphatic heterocycles. The van der Waals surface area contributed by atoms with Gasteiger partial charge >= 0.3 is 0 Å². The van der Waals surface area contributed by atoms with Crippen molar-refractivity contribution in [1.29, 1.82) is 0 Å². The maximum absolute atomic E-state index is 13.9. The summed E-state index contributed by atoms with van der Waals surface area (Å²) in [6.45, 7) is 0. The predicted molar refractivity (Wildman–Crippen MR) is 124 cm³/mol. The molecule has 0 atom stereocenters. The van der Waals surface area contributed by atoms with Crippen LogP contribution in [-0.2, 0) is 0 Å². The van der Waals surface area contributed by atoms with E-state index in [0.29, 0.717) is 33.8 Å². The number of halogens is 1. The Labute approximate surface area is 186 Å². The van der Waals surface area contributed by atoms with Crippen LogP contribution in [0.3, 0.4) is 0 Å². The summed E-state index contributed by atoms with van der Waals surface area (Å²) in [6, 6.07) is 13.2. The smallest absolute Gasteiger partial charge is 0.138 e. The van der Waals surface area contributed by atoms with Gasteiger partial charge in [-0.25, -0.2) is 14.4 Å². The lowest BCUT2D eigenvalue weighted by atomic mass is 10.0. The van der Waals surface area contributed by atoms with Gasteiger partial charge < -0.3 is 15.8 Å². The van der Waals surface area contributed by atoms with E-state index < -0.39 is 5.82 Å². The van der Waals surface area contributed by atoms with E-state index in [4.69, 9.17) is 10.7 Å². The molecule has 9 heteroatoms. The minimum Gasteiger partial charge on any atom is -0.508 e. The van der Waals surface area contributed by atoms with Crippen molar-refractivity contribution >= 4 is 27.8 Å². The molecule has 0 radical (unpaired) electrons. The Bertz CT molecular complexity index is 1650. The van der Waals surface area contributed by atoms with Crippen LogP contribution in [0.2, 0.25) is 0 Å². The average molecular weight is 437 g/mol. The number of phenolic OH excluding ortho intramolecular Hbond substituents is 1. The maximum Gasteiger partial charge on any atom is 0.138 e. The van der Waals surface area contributed by atoms with Crippen LogP contribution in [-0.4, -0.2) is 35.2 Å². The van der Waals surface area contributed by atoms with E-state index >= 15 is 0 Å². The van der Waals surface area contributed by atoms with E-state index in [1.165, 1.54) is 12.1 Å². The number of rotatable bonds is 3. The molecule has 6 rings (SSSR count). The Hall–Kier alpha value is -4.79. The van der Waals surface area contributed by atoms with E-state index in [0.717, 1.165) is 33.8 Å². The fourth-order valence-corrected chi connectivity index (χ4v) is 3.98. The fourth-order valence-electron chi connectivity index (χ4n) is 3.98. The minimum absolute atomic E-state index is 0.142. The predicted octanol–water partition coefficient (Wildman–Crippen LogP) is 4.66. The van der Waals surface area contributed by atoms with Crippen molar-refractivity contribution in [2.75, 3.05) is 5.73 Å². The lowest BCUT2D eigenvalue weighted by Gasteiger charge is -2.04. The summed E-state index contributed by atoms with van der Waals surface area (Å²) in [5.41, 5.74) is 12.6. The summed E-state index contributed by atoms with van der Waals surface area (Å²) in [7, 11) is 0. The number of anilines is 1. The molecule has 5 N–H and O–H groups in total. The monoisotopic (exact) mass is 437 g/mol. The molecule has 0 bridgehead atoms. The second kappa shape index (κ2) is 7.13. The number of hydrogen-bond donors (Lipinski definition) is 4. The number of aromatic hydroxyl groups is 1. The van der Waals surface area contributed by atoms with E-state index in [-0.39, 0.29) is 5.75 Å². The van der Waals surface area contributed by atoms with Gasteiger partial charge in [-0.3, -0.25) is 10.1 Å². The zero-order valence-corrected chi connectivity index (χ0v) is 17.0. The first kappa shape index (κ1) is 18.9. The van der Waals surface area contributed by atoms with Crippen molar-refractivity contribution in [2.24, 2.45) is 0 Å². The molecule has 0 fully saturated rings. The van der Waals surface area contributed by atoms with Gasteiger partial charge in [0, 0.05) is 35.6 Å². The maximum atomic E-state index is 13.9. The molecule has 0 saturated heterocycles. The second-order valence-corrected chi connectivity index (χ2v) is 7.67. The van der Waals surface area contributed by atoms with E-state index in [1.807, 2.05) is 24.3 Å². The van der Waals surface area contributed by atoms with Gasteiger partial charge in [0.2, 0.25) is 0 Å². The van der Waals surface area contributed by atoms with Crippen molar-refractivity contribution in [3.8, 4) is 39.5 Å². The quantitative estimate of drug-likeness (QED) is 0.319. The molecule has 160 valence electrons. The molecule has 0 aliphatic rings. The van der Waals surface area contributed by atoms with Crippen molar-refractivity contribution in [3.05, 3.63) is 72.9 Å². The van der Waals surface area contributed by atoms with Crippen molar-refractivity contribution in [1.82, 2.24) is 30.1 Å².